The van der Waals surface area contributed by atoms with E-state index in [2.05, 4.69) is 4.98 Å². The van der Waals surface area contributed by atoms with Crippen LogP contribution in [0.1, 0.15) is 15.2 Å². The van der Waals surface area contributed by atoms with Gasteiger partial charge in [0.2, 0.25) is 0 Å². The quantitative estimate of drug-likeness (QED) is 0.862. The molecule has 2 aliphatic rings. The lowest BCUT2D eigenvalue weighted by atomic mass is 10.0. The summed E-state index contributed by atoms with van der Waals surface area (Å²) in [5.74, 6) is 0.351. The standard InChI is InChI=1S/C17H18N2O3S/c20-17(16-4-2-6-23-16)19-8-15(13-10-21-11-14(13)19)22-9-12-3-1-5-18-7-12/h1-7,13-15H,8-11H2/t13-,14+,15-/m0/s1. The number of amides is 1. The van der Waals surface area contributed by atoms with Gasteiger partial charge in [0.25, 0.3) is 5.91 Å². The van der Waals surface area contributed by atoms with Gasteiger partial charge in [-0.05, 0) is 23.1 Å². The summed E-state index contributed by atoms with van der Waals surface area (Å²) in [6, 6.07) is 7.82. The minimum Gasteiger partial charge on any atom is -0.379 e. The molecule has 0 aromatic carbocycles. The number of aromatic nitrogens is 1. The first-order valence-corrected chi connectivity index (χ1v) is 8.63. The highest BCUT2D eigenvalue weighted by Crippen LogP contribution is 2.34. The average Bonchev–Trinajstić information content (AvgIpc) is 3.31. The Kier molecular flexibility index (Phi) is 4.11. The maximum atomic E-state index is 12.7. The van der Waals surface area contributed by atoms with Gasteiger partial charge in [0, 0.05) is 24.9 Å². The number of hydrogen-bond acceptors (Lipinski definition) is 5. The number of hydrogen-bond donors (Lipinski definition) is 0. The number of likely N-dealkylation sites (tertiary alicyclic amines) is 1. The molecule has 4 rings (SSSR count). The van der Waals surface area contributed by atoms with E-state index >= 15 is 0 Å². The van der Waals surface area contributed by atoms with E-state index in [-0.39, 0.29) is 24.0 Å². The Hall–Kier alpha value is -1.76. The van der Waals surface area contributed by atoms with Gasteiger partial charge in [0.05, 0.1) is 36.8 Å². The molecular weight excluding hydrogens is 312 g/mol. The molecule has 0 saturated carbocycles. The molecule has 0 spiro atoms. The minimum absolute atomic E-state index is 0.0200. The molecular formula is C17H18N2O3S. The van der Waals surface area contributed by atoms with Gasteiger partial charge in [0.15, 0.2) is 0 Å². The molecule has 4 heterocycles. The molecule has 120 valence electrons. The van der Waals surface area contributed by atoms with Crippen molar-refractivity contribution in [2.45, 2.75) is 18.8 Å². The van der Waals surface area contributed by atoms with Crippen LogP contribution >= 0.6 is 11.3 Å². The van der Waals surface area contributed by atoms with E-state index < -0.39 is 0 Å². The van der Waals surface area contributed by atoms with E-state index in [1.165, 1.54) is 11.3 Å². The Balaban J connectivity index is 1.46. The van der Waals surface area contributed by atoms with Crippen molar-refractivity contribution >= 4 is 17.2 Å². The lowest BCUT2D eigenvalue weighted by molar-refractivity contribution is 0.00929. The fraction of sp³-hybridized carbons (Fsp3) is 0.412. The normalized spacial score (nSPS) is 26.4. The van der Waals surface area contributed by atoms with Gasteiger partial charge in [-0.15, -0.1) is 11.3 Å². The maximum absolute atomic E-state index is 12.7. The predicted molar refractivity (Wildman–Crippen MR) is 86.3 cm³/mol. The fourth-order valence-electron chi connectivity index (χ4n) is 3.34. The Morgan fingerprint density at radius 2 is 2.35 bits per heavy atom. The zero-order valence-corrected chi connectivity index (χ0v) is 13.4. The van der Waals surface area contributed by atoms with Gasteiger partial charge in [-0.3, -0.25) is 9.78 Å². The summed E-state index contributed by atoms with van der Waals surface area (Å²) in [7, 11) is 0. The van der Waals surface area contributed by atoms with E-state index in [9.17, 15) is 4.79 Å². The van der Waals surface area contributed by atoms with Crippen LogP contribution in [0.25, 0.3) is 0 Å². The molecule has 0 unspecified atom stereocenters. The Morgan fingerprint density at radius 3 is 3.13 bits per heavy atom. The van der Waals surface area contributed by atoms with Gasteiger partial charge >= 0.3 is 0 Å². The second-order valence-corrected chi connectivity index (χ2v) is 6.86. The molecule has 6 heteroatoms. The first kappa shape index (κ1) is 14.8. The van der Waals surface area contributed by atoms with Crippen molar-refractivity contribution in [3.05, 3.63) is 52.5 Å². The minimum atomic E-state index is 0.0200. The summed E-state index contributed by atoms with van der Waals surface area (Å²) < 4.78 is 11.7. The Labute approximate surface area is 138 Å². The molecule has 3 atom stereocenters. The second kappa shape index (κ2) is 6.39. The van der Waals surface area contributed by atoms with Crippen LogP contribution < -0.4 is 0 Å². The van der Waals surface area contributed by atoms with Crippen LogP contribution in [-0.4, -0.2) is 47.7 Å². The summed E-state index contributed by atoms with van der Waals surface area (Å²) in [5.41, 5.74) is 1.05. The number of ether oxygens (including phenoxy) is 2. The number of thiophene rings is 1. The van der Waals surface area contributed by atoms with Gasteiger partial charge in [-0.25, -0.2) is 0 Å². The number of fused-ring (bicyclic) bond motifs is 1. The third-order valence-corrected chi connectivity index (χ3v) is 5.39. The zero-order valence-electron chi connectivity index (χ0n) is 12.6. The first-order chi connectivity index (χ1) is 11.3. The molecule has 1 amide bonds. The summed E-state index contributed by atoms with van der Waals surface area (Å²) in [6.45, 7) is 2.42. The molecule has 0 bridgehead atoms. The first-order valence-electron chi connectivity index (χ1n) is 7.75. The summed E-state index contributed by atoms with van der Waals surface area (Å²) in [6.07, 6.45) is 3.58. The topological polar surface area (TPSA) is 51.7 Å². The average molecular weight is 330 g/mol. The van der Waals surface area contributed by atoms with Crippen molar-refractivity contribution in [2.75, 3.05) is 19.8 Å². The summed E-state index contributed by atoms with van der Waals surface area (Å²) in [5, 5.41) is 1.93. The number of nitrogens with zero attached hydrogens (tertiary/aromatic N) is 2. The van der Waals surface area contributed by atoms with E-state index in [0.29, 0.717) is 26.4 Å². The third kappa shape index (κ3) is 2.89. The van der Waals surface area contributed by atoms with Gasteiger partial charge in [-0.2, -0.15) is 0 Å². The summed E-state index contributed by atoms with van der Waals surface area (Å²) in [4.78, 5) is 19.5. The molecule has 2 aromatic heterocycles. The van der Waals surface area contributed by atoms with Gasteiger partial charge in [-0.1, -0.05) is 12.1 Å². The molecule has 2 saturated heterocycles. The van der Waals surface area contributed by atoms with Crippen LogP contribution in [-0.2, 0) is 16.1 Å². The van der Waals surface area contributed by atoms with Crippen LogP contribution in [0.3, 0.4) is 0 Å². The van der Waals surface area contributed by atoms with Crippen molar-refractivity contribution in [1.29, 1.82) is 0 Å². The van der Waals surface area contributed by atoms with Crippen molar-refractivity contribution in [1.82, 2.24) is 9.88 Å². The molecule has 2 aliphatic heterocycles. The lowest BCUT2D eigenvalue weighted by Gasteiger charge is -2.21. The zero-order chi connectivity index (χ0) is 15.6. The predicted octanol–water partition coefficient (Wildman–Crippen LogP) is 2.20. The highest BCUT2D eigenvalue weighted by Gasteiger charge is 2.48. The van der Waals surface area contributed by atoms with E-state index in [4.69, 9.17) is 9.47 Å². The molecule has 23 heavy (non-hydrogen) atoms. The number of carbonyl (C=O) groups is 1. The van der Waals surface area contributed by atoms with Crippen molar-refractivity contribution in [2.24, 2.45) is 5.92 Å². The molecule has 2 aromatic rings. The molecule has 0 aliphatic carbocycles. The number of carbonyl (C=O) groups excluding carboxylic acids is 1. The van der Waals surface area contributed by atoms with Crippen molar-refractivity contribution in [3.8, 4) is 0 Å². The van der Waals surface area contributed by atoms with Crippen molar-refractivity contribution in [3.63, 3.8) is 0 Å². The van der Waals surface area contributed by atoms with Crippen LogP contribution in [0, 0.1) is 5.92 Å². The van der Waals surface area contributed by atoms with Gasteiger partial charge < -0.3 is 14.4 Å². The maximum Gasteiger partial charge on any atom is 0.264 e. The SMILES string of the molecule is O=C(c1cccs1)N1C[C@H](OCc2cccnc2)[C@H]2COC[C@H]21. The van der Waals surface area contributed by atoms with Gasteiger partial charge in [0.1, 0.15) is 0 Å². The highest BCUT2D eigenvalue weighted by molar-refractivity contribution is 7.12. The van der Waals surface area contributed by atoms with E-state index in [0.717, 1.165) is 10.4 Å². The van der Waals surface area contributed by atoms with Crippen molar-refractivity contribution < 1.29 is 14.3 Å². The number of pyridine rings is 1. The Bertz CT molecular complexity index is 662. The third-order valence-electron chi connectivity index (χ3n) is 4.53. The second-order valence-electron chi connectivity index (χ2n) is 5.91. The van der Waals surface area contributed by atoms with Crippen LogP contribution in [0.4, 0.5) is 0 Å². The van der Waals surface area contributed by atoms with Crippen LogP contribution in [0.2, 0.25) is 0 Å². The molecule has 2 fully saturated rings. The molecule has 0 N–H and O–H groups in total. The fourth-order valence-corrected chi connectivity index (χ4v) is 4.02. The number of rotatable bonds is 4. The van der Waals surface area contributed by atoms with E-state index in [1.807, 2.05) is 40.7 Å². The highest BCUT2D eigenvalue weighted by atomic mass is 32.1. The van der Waals surface area contributed by atoms with Crippen LogP contribution in [0.15, 0.2) is 42.0 Å². The molecule has 0 radical (unpaired) electrons. The largest absolute Gasteiger partial charge is 0.379 e. The Morgan fingerprint density at radius 1 is 1.39 bits per heavy atom. The monoisotopic (exact) mass is 330 g/mol. The van der Waals surface area contributed by atoms with E-state index in [1.54, 1.807) is 6.20 Å². The smallest absolute Gasteiger partial charge is 0.264 e. The lowest BCUT2D eigenvalue weighted by Crippen LogP contribution is -2.37. The summed E-state index contributed by atoms with van der Waals surface area (Å²) >= 11 is 1.48. The molecule has 5 nitrogen and oxygen atoms in total. The van der Waals surface area contributed by atoms with Crippen LogP contribution in [0.5, 0.6) is 0 Å².